The van der Waals surface area contributed by atoms with Gasteiger partial charge in [0.25, 0.3) is 5.92 Å². The Hall–Kier alpha value is -3.07. The molecule has 166 valence electrons. The van der Waals surface area contributed by atoms with E-state index in [4.69, 9.17) is 14.2 Å². The average molecular weight is 435 g/mol. The second-order valence-electron chi connectivity index (χ2n) is 7.00. The van der Waals surface area contributed by atoms with Gasteiger partial charge in [0.1, 0.15) is 24.1 Å². The molecule has 0 aliphatic rings. The summed E-state index contributed by atoms with van der Waals surface area (Å²) >= 11 is 0. The molecule has 0 aliphatic carbocycles. The summed E-state index contributed by atoms with van der Waals surface area (Å²) in [6.45, 7) is 3.07. The number of nitrogens with zero attached hydrogens (tertiary/aromatic N) is 2. The largest absolute Gasteiger partial charge is 0.493 e. The lowest BCUT2D eigenvalue weighted by Crippen LogP contribution is -2.13. The molecule has 2 aromatic carbocycles. The van der Waals surface area contributed by atoms with E-state index in [-0.39, 0.29) is 12.1 Å². The minimum Gasteiger partial charge on any atom is -0.493 e. The molecule has 0 aliphatic heterocycles. The molecular weight excluding hydrogens is 411 g/mol. The topological polar surface area (TPSA) is 65.5 Å². The highest BCUT2D eigenvalue weighted by Gasteiger charge is 2.29. The summed E-state index contributed by atoms with van der Waals surface area (Å²) in [5.74, 6) is -2.33. The van der Waals surface area contributed by atoms with E-state index in [0.29, 0.717) is 54.2 Å². The maximum Gasteiger partial charge on any atom is 0.273 e. The van der Waals surface area contributed by atoms with Crippen LogP contribution in [-0.2, 0) is 17.2 Å². The molecule has 6 nitrogen and oxygen atoms in total. The second-order valence-corrected chi connectivity index (χ2v) is 7.00. The minimum absolute atomic E-state index is 0.0345. The van der Waals surface area contributed by atoms with E-state index in [2.05, 4.69) is 15.3 Å². The zero-order chi connectivity index (χ0) is 22.6. The van der Waals surface area contributed by atoms with Crippen LogP contribution in [-0.4, -0.2) is 37.4 Å². The summed E-state index contributed by atoms with van der Waals surface area (Å²) in [6, 6.07) is 7.38. The van der Waals surface area contributed by atoms with E-state index in [1.54, 1.807) is 26.2 Å². The molecule has 0 radical (unpaired) electrons. The third-order valence-electron chi connectivity index (χ3n) is 4.64. The van der Waals surface area contributed by atoms with E-state index in [1.807, 2.05) is 0 Å². The van der Waals surface area contributed by atoms with Gasteiger partial charge in [0.2, 0.25) is 0 Å². The van der Waals surface area contributed by atoms with Gasteiger partial charge in [-0.3, -0.25) is 0 Å². The van der Waals surface area contributed by atoms with E-state index in [1.165, 1.54) is 19.2 Å². The Morgan fingerprint density at radius 2 is 1.84 bits per heavy atom. The van der Waals surface area contributed by atoms with Crippen LogP contribution < -0.4 is 14.8 Å². The highest BCUT2D eigenvalue weighted by Crippen LogP contribution is 2.35. The van der Waals surface area contributed by atoms with Crippen molar-refractivity contribution in [3.05, 3.63) is 53.1 Å². The highest BCUT2D eigenvalue weighted by molar-refractivity contribution is 5.91. The maximum atomic E-state index is 14.6. The van der Waals surface area contributed by atoms with Crippen LogP contribution in [0.1, 0.15) is 23.9 Å². The van der Waals surface area contributed by atoms with Crippen LogP contribution in [0.15, 0.2) is 30.3 Å². The zero-order valence-electron chi connectivity index (χ0n) is 17.8. The van der Waals surface area contributed by atoms with Gasteiger partial charge in [-0.15, -0.1) is 0 Å². The SMILES string of the molecule is COCCOc1cc2c(NCc3cccc(C(C)(F)F)c3F)nc(C)nc2cc1OC. The number of aromatic nitrogens is 2. The van der Waals surface area contributed by atoms with Crippen LogP contribution in [0.5, 0.6) is 11.5 Å². The predicted octanol–water partition coefficient (Wildman–Crippen LogP) is 4.83. The first-order valence-electron chi connectivity index (χ1n) is 9.62. The minimum atomic E-state index is -3.27. The summed E-state index contributed by atoms with van der Waals surface area (Å²) in [5.41, 5.74) is 0.0582. The third-order valence-corrected chi connectivity index (χ3v) is 4.64. The third kappa shape index (κ3) is 5.16. The van der Waals surface area contributed by atoms with Gasteiger partial charge in [0.05, 0.1) is 24.8 Å². The standard InChI is InChI=1S/C22H24F3N3O3/c1-13-27-17-11-18(30-4)19(31-9-8-29-3)10-15(17)21(28-13)26-12-14-6-5-7-16(20(14)23)22(2,24)25/h5-7,10-11H,8-9,12H2,1-4H3,(H,26,27,28). The zero-order valence-corrected chi connectivity index (χ0v) is 17.8. The quantitative estimate of drug-likeness (QED) is 0.486. The molecule has 0 fully saturated rings. The fraction of sp³-hybridized carbons (Fsp3) is 0.364. The number of ether oxygens (including phenoxy) is 3. The van der Waals surface area contributed by atoms with Crippen LogP contribution >= 0.6 is 0 Å². The predicted molar refractivity (Wildman–Crippen MR) is 111 cm³/mol. The number of fused-ring (bicyclic) bond motifs is 1. The number of hydrogen-bond acceptors (Lipinski definition) is 6. The van der Waals surface area contributed by atoms with Crippen LogP contribution in [0.2, 0.25) is 0 Å². The highest BCUT2D eigenvalue weighted by atomic mass is 19.3. The van der Waals surface area contributed by atoms with Crippen LogP contribution in [0, 0.1) is 12.7 Å². The van der Waals surface area contributed by atoms with Crippen molar-refractivity contribution in [2.24, 2.45) is 0 Å². The maximum absolute atomic E-state index is 14.6. The lowest BCUT2D eigenvalue weighted by atomic mass is 10.0. The van der Waals surface area contributed by atoms with Crippen molar-refractivity contribution in [2.75, 3.05) is 32.8 Å². The molecule has 9 heteroatoms. The van der Waals surface area contributed by atoms with E-state index in [9.17, 15) is 13.2 Å². The second kappa shape index (κ2) is 9.38. The molecule has 3 aromatic rings. The molecule has 0 amide bonds. The van der Waals surface area contributed by atoms with E-state index < -0.39 is 17.3 Å². The average Bonchev–Trinajstić information content (AvgIpc) is 2.71. The van der Waals surface area contributed by atoms with Gasteiger partial charge in [0.15, 0.2) is 11.5 Å². The molecule has 1 heterocycles. The lowest BCUT2D eigenvalue weighted by molar-refractivity contribution is 0.0136. The first-order chi connectivity index (χ1) is 14.7. The number of anilines is 1. The molecular formula is C22H24F3N3O3. The van der Waals surface area contributed by atoms with E-state index in [0.717, 1.165) is 6.07 Å². The van der Waals surface area contributed by atoms with Gasteiger partial charge in [-0.2, -0.15) is 0 Å². The van der Waals surface area contributed by atoms with Crippen molar-refractivity contribution < 1.29 is 27.4 Å². The van der Waals surface area contributed by atoms with Crippen molar-refractivity contribution in [3.63, 3.8) is 0 Å². The number of hydrogen-bond donors (Lipinski definition) is 1. The molecule has 31 heavy (non-hydrogen) atoms. The molecule has 0 saturated carbocycles. The number of halogens is 3. The smallest absolute Gasteiger partial charge is 0.273 e. The van der Waals surface area contributed by atoms with Crippen molar-refractivity contribution >= 4 is 16.7 Å². The Bertz CT molecular complexity index is 1070. The molecule has 0 saturated heterocycles. The van der Waals surface area contributed by atoms with Gasteiger partial charge in [-0.1, -0.05) is 18.2 Å². The Morgan fingerprint density at radius 3 is 2.52 bits per heavy atom. The first-order valence-corrected chi connectivity index (χ1v) is 9.62. The number of aryl methyl sites for hydroxylation is 1. The van der Waals surface area contributed by atoms with Gasteiger partial charge >= 0.3 is 0 Å². The number of benzene rings is 2. The Labute approximate surface area is 178 Å². The molecule has 0 atom stereocenters. The fourth-order valence-electron chi connectivity index (χ4n) is 3.13. The molecule has 1 N–H and O–H groups in total. The van der Waals surface area contributed by atoms with Gasteiger partial charge in [0, 0.05) is 37.6 Å². The van der Waals surface area contributed by atoms with Crippen molar-refractivity contribution in [3.8, 4) is 11.5 Å². The number of nitrogens with one attached hydrogen (secondary N) is 1. The van der Waals surface area contributed by atoms with Crippen LogP contribution in [0.4, 0.5) is 19.0 Å². The summed E-state index contributed by atoms with van der Waals surface area (Å²) in [7, 11) is 3.10. The lowest BCUT2D eigenvalue weighted by Gasteiger charge is -2.16. The van der Waals surface area contributed by atoms with Gasteiger partial charge in [-0.25, -0.2) is 23.1 Å². The summed E-state index contributed by atoms with van der Waals surface area (Å²) in [6.07, 6.45) is 0. The Balaban J connectivity index is 1.96. The Morgan fingerprint density at radius 1 is 1.06 bits per heavy atom. The number of rotatable bonds is 9. The van der Waals surface area contributed by atoms with Gasteiger partial charge < -0.3 is 19.5 Å². The molecule has 0 spiro atoms. The fourth-order valence-corrected chi connectivity index (χ4v) is 3.13. The van der Waals surface area contributed by atoms with Gasteiger partial charge in [-0.05, 0) is 13.0 Å². The normalized spacial score (nSPS) is 11.6. The van der Waals surface area contributed by atoms with Crippen molar-refractivity contribution in [1.29, 1.82) is 0 Å². The summed E-state index contributed by atoms with van der Waals surface area (Å²) in [5, 5.41) is 3.66. The molecule has 3 rings (SSSR count). The first kappa shape index (κ1) is 22.6. The van der Waals surface area contributed by atoms with Crippen molar-refractivity contribution in [1.82, 2.24) is 9.97 Å². The number of alkyl halides is 2. The molecule has 1 aromatic heterocycles. The van der Waals surface area contributed by atoms with Crippen molar-refractivity contribution in [2.45, 2.75) is 26.3 Å². The van der Waals surface area contributed by atoms with Crippen LogP contribution in [0.25, 0.3) is 10.9 Å². The molecule has 0 unspecified atom stereocenters. The Kier molecular flexibility index (Phi) is 6.84. The van der Waals surface area contributed by atoms with E-state index >= 15 is 0 Å². The summed E-state index contributed by atoms with van der Waals surface area (Å²) in [4.78, 5) is 8.81. The molecule has 0 bridgehead atoms. The monoisotopic (exact) mass is 435 g/mol. The van der Waals surface area contributed by atoms with Crippen LogP contribution in [0.3, 0.4) is 0 Å². The number of methoxy groups -OCH3 is 2. The summed E-state index contributed by atoms with van der Waals surface area (Å²) < 4.78 is 58.0.